The van der Waals surface area contributed by atoms with Gasteiger partial charge in [0.2, 0.25) is 0 Å². The van der Waals surface area contributed by atoms with Crippen molar-refractivity contribution in [2.45, 2.75) is 26.2 Å². The molecule has 1 saturated heterocycles. The first kappa shape index (κ1) is 20.4. The van der Waals surface area contributed by atoms with E-state index in [9.17, 15) is 19.6 Å². The van der Waals surface area contributed by atoms with E-state index in [0.29, 0.717) is 29.8 Å². The van der Waals surface area contributed by atoms with Crippen molar-refractivity contribution >= 4 is 41.6 Å². The molecule has 0 atom stereocenters. The summed E-state index contributed by atoms with van der Waals surface area (Å²) in [7, 11) is -1.50. The molecule has 1 fully saturated rings. The van der Waals surface area contributed by atoms with Crippen LogP contribution in [0.4, 0.5) is 4.79 Å². The predicted octanol–water partition coefficient (Wildman–Crippen LogP) is 2.60. The van der Waals surface area contributed by atoms with Crippen LogP contribution in [0.5, 0.6) is 0 Å². The van der Waals surface area contributed by atoms with Gasteiger partial charge in [-0.1, -0.05) is 55.5 Å². The van der Waals surface area contributed by atoms with Gasteiger partial charge in [-0.15, -0.1) is 0 Å². The van der Waals surface area contributed by atoms with Crippen LogP contribution in [0.3, 0.4) is 0 Å². The Morgan fingerprint density at radius 1 is 1.07 bits per heavy atom. The molecule has 0 aromatic heterocycles. The normalized spacial score (nSPS) is 15.5. The quantitative estimate of drug-likeness (QED) is 0.557. The van der Waals surface area contributed by atoms with Crippen molar-refractivity contribution in [2.75, 3.05) is 6.54 Å². The third-order valence-electron chi connectivity index (χ3n) is 4.66. The fourth-order valence-corrected chi connectivity index (χ4v) is 3.91. The molecule has 0 spiro atoms. The SMILES string of the molecule is CCc1ccc(C=C2SC(=O)N(CCCc3cccc(B(O)O)c3)C2=O)cc1. The number of imide groups is 1. The van der Waals surface area contributed by atoms with Crippen molar-refractivity contribution < 1.29 is 19.6 Å². The van der Waals surface area contributed by atoms with Gasteiger partial charge in [0.1, 0.15) is 0 Å². The van der Waals surface area contributed by atoms with Gasteiger partial charge < -0.3 is 10.0 Å². The molecule has 28 heavy (non-hydrogen) atoms. The molecule has 0 unspecified atom stereocenters. The lowest BCUT2D eigenvalue weighted by Crippen LogP contribution is -2.30. The summed E-state index contributed by atoms with van der Waals surface area (Å²) >= 11 is 0.972. The van der Waals surface area contributed by atoms with E-state index >= 15 is 0 Å². The molecule has 2 N–H and O–H groups in total. The molecule has 0 saturated carbocycles. The number of amides is 2. The highest BCUT2D eigenvalue weighted by Gasteiger charge is 2.34. The molecule has 144 valence electrons. The van der Waals surface area contributed by atoms with Crippen LogP contribution < -0.4 is 5.46 Å². The molecule has 1 heterocycles. The molecule has 2 aromatic carbocycles. The fourth-order valence-electron chi connectivity index (χ4n) is 3.04. The van der Waals surface area contributed by atoms with Gasteiger partial charge in [-0.3, -0.25) is 14.5 Å². The molecule has 1 aliphatic rings. The van der Waals surface area contributed by atoms with Crippen molar-refractivity contribution in [2.24, 2.45) is 0 Å². The summed E-state index contributed by atoms with van der Waals surface area (Å²) in [5.74, 6) is -0.255. The fraction of sp³-hybridized carbons (Fsp3) is 0.238. The van der Waals surface area contributed by atoms with E-state index in [2.05, 4.69) is 6.92 Å². The molecule has 3 rings (SSSR count). The highest BCUT2D eigenvalue weighted by Crippen LogP contribution is 2.32. The molecule has 0 aliphatic carbocycles. The minimum absolute atomic E-state index is 0.249. The molecule has 2 aromatic rings. The maximum atomic E-state index is 12.6. The number of aryl methyl sites for hydroxylation is 2. The van der Waals surface area contributed by atoms with Crippen LogP contribution >= 0.6 is 11.8 Å². The van der Waals surface area contributed by atoms with E-state index in [-0.39, 0.29) is 11.1 Å². The highest BCUT2D eigenvalue weighted by molar-refractivity contribution is 8.18. The van der Waals surface area contributed by atoms with Crippen molar-refractivity contribution in [3.63, 3.8) is 0 Å². The summed E-state index contributed by atoms with van der Waals surface area (Å²) < 4.78 is 0. The number of thioether (sulfide) groups is 1. The Bertz CT molecular complexity index is 896. The van der Waals surface area contributed by atoms with E-state index in [0.717, 1.165) is 29.3 Å². The zero-order valence-electron chi connectivity index (χ0n) is 15.7. The van der Waals surface area contributed by atoms with E-state index in [1.165, 1.54) is 10.5 Å². The first-order valence-electron chi connectivity index (χ1n) is 9.27. The van der Waals surface area contributed by atoms with Crippen LogP contribution in [0, 0.1) is 0 Å². The van der Waals surface area contributed by atoms with Crippen LogP contribution in [0.2, 0.25) is 0 Å². The number of hydrogen-bond donors (Lipinski definition) is 2. The molecule has 0 radical (unpaired) electrons. The molecular formula is C21H22BNO4S. The van der Waals surface area contributed by atoms with Gasteiger partial charge in [0, 0.05) is 6.54 Å². The first-order valence-corrected chi connectivity index (χ1v) is 10.1. The van der Waals surface area contributed by atoms with E-state index in [1.807, 2.05) is 30.3 Å². The van der Waals surface area contributed by atoms with Crippen molar-refractivity contribution in [3.05, 3.63) is 70.1 Å². The van der Waals surface area contributed by atoms with Crippen LogP contribution in [-0.2, 0) is 17.6 Å². The second kappa shape index (κ2) is 9.23. The summed E-state index contributed by atoms with van der Waals surface area (Å²) in [6, 6.07) is 15.0. The monoisotopic (exact) mass is 395 g/mol. The second-order valence-electron chi connectivity index (χ2n) is 6.65. The lowest BCUT2D eigenvalue weighted by atomic mass is 9.79. The Labute approximate surface area is 169 Å². The minimum Gasteiger partial charge on any atom is -0.423 e. The van der Waals surface area contributed by atoms with Gasteiger partial charge in [0.25, 0.3) is 11.1 Å². The molecule has 0 bridgehead atoms. The molecule has 5 nitrogen and oxygen atoms in total. The Kier molecular flexibility index (Phi) is 6.72. The largest absolute Gasteiger partial charge is 0.488 e. The summed E-state index contributed by atoms with van der Waals surface area (Å²) in [6.07, 6.45) is 3.97. The lowest BCUT2D eigenvalue weighted by molar-refractivity contribution is -0.122. The number of nitrogens with zero attached hydrogens (tertiary/aromatic N) is 1. The molecule has 7 heteroatoms. The zero-order valence-corrected chi connectivity index (χ0v) is 16.5. The summed E-state index contributed by atoms with van der Waals surface area (Å²) in [6.45, 7) is 2.42. The maximum Gasteiger partial charge on any atom is 0.488 e. The van der Waals surface area contributed by atoms with Crippen molar-refractivity contribution in [1.29, 1.82) is 0 Å². The number of hydrogen-bond acceptors (Lipinski definition) is 5. The third kappa shape index (κ3) is 4.92. The zero-order chi connectivity index (χ0) is 20.1. The number of benzene rings is 2. The molecular weight excluding hydrogens is 373 g/mol. The predicted molar refractivity (Wildman–Crippen MR) is 113 cm³/mol. The van der Waals surface area contributed by atoms with Gasteiger partial charge in [-0.2, -0.15) is 0 Å². The van der Waals surface area contributed by atoms with E-state index < -0.39 is 7.12 Å². The summed E-state index contributed by atoms with van der Waals surface area (Å²) in [5.41, 5.74) is 3.50. The standard InChI is InChI=1S/C21H22BNO4S/c1-2-15-8-10-17(11-9-15)14-19-20(24)23(21(25)28-19)12-4-6-16-5-3-7-18(13-16)22(26)27/h3,5,7-11,13-14,26-27H,2,4,6,12H2,1H3. The Hall–Kier alpha value is -2.35. The van der Waals surface area contributed by atoms with Gasteiger partial charge in [-0.25, -0.2) is 0 Å². The van der Waals surface area contributed by atoms with Crippen molar-refractivity contribution in [1.82, 2.24) is 4.90 Å². The minimum atomic E-state index is -1.50. The second-order valence-corrected chi connectivity index (χ2v) is 7.64. The Morgan fingerprint density at radius 2 is 1.82 bits per heavy atom. The third-order valence-corrected chi connectivity index (χ3v) is 5.56. The summed E-state index contributed by atoms with van der Waals surface area (Å²) in [5, 5.41) is 18.2. The molecule has 1 aliphatic heterocycles. The average Bonchev–Trinajstić information content (AvgIpc) is 2.96. The number of rotatable bonds is 7. The van der Waals surface area contributed by atoms with Crippen LogP contribution in [0.15, 0.2) is 53.4 Å². The summed E-state index contributed by atoms with van der Waals surface area (Å²) in [4.78, 5) is 26.5. The van der Waals surface area contributed by atoms with Gasteiger partial charge in [0.15, 0.2) is 0 Å². The average molecular weight is 395 g/mol. The van der Waals surface area contributed by atoms with Gasteiger partial charge in [-0.05, 0) is 59.3 Å². The number of carbonyl (C=O) groups excluding carboxylic acids is 2. The first-order chi connectivity index (χ1) is 13.5. The number of carbonyl (C=O) groups is 2. The smallest absolute Gasteiger partial charge is 0.423 e. The van der Waals surface area contributed by atoms with E-state index in [1.54, 1.807) is 24.3 Å². The van der Waals surface area contributed by atoms with Gasteiger partial charge >= 0.3 is 7.12 Å². The lowest BCUT2D eigenvalue weighted by Gasteiger charge is -2.12. The van der Waals surface area contributed by atoms with Gasteiger partial charge in [0.05, 0.1) is 4.91 Å². The van der Waals surface area contributed by atoms with E-state index in [4.69, 9.17) is 0 Å². The maximum absolute atomic E-state index is 12.6. The van der Waals surface area contributed by atoms with Crippen LogP contribution in [0.1, 0.15) is 30.0 Å². The van der Waals surface area contributed by atoms with Crippen LogP contribution in [0.25, 0.3) is 6.08 Å². The molecule has 2 amide bonds. The Balaban J connectivity index is 1.60. The van der Waals surface area contributed by atoms with Crippen molar-refractivity contribution in [3.8, 4) is 0 Å². The van der Waals surface area contributed by atoms with Crippen LogP contribution in [-0.4, -0.2) is 39.8 Å². The topological polar surface area (TPSA) is 77.8 Å². The Morgan fingerprint density at radius 3 is 2.50 bits per heavy atom. The highest BCUT2D eigenvalue weighted by atomic mass is 32.2.